The van der Waals surface area contributed by atoms with Gasteiger partial charge in [0.2, 0.25) is 0 Å². The Morgan fingerprint density at radius 3 is 2.70 bits per heavy atom. The summed E-state index contributed by atoms with van der Waals surface area (Å²) in [6.45, 7) is 6.25. The first-order valence-electron chi connectivity index (χ1n) is 6.96. The average Bonchev–Trinajstić information content (AvgIpc) is 2.75. The highest BCUT2D eigenvalue weighted by molar-refractivity contribution is 7.99. The van der Waals surface area contributed by atoms with Crippen LogP contribution in [0.4, 0.5) is 0 Å². The number of carboxylic acids is 1. The second-order valence-corrected chi connectivity index (χ2v) is 6.41. The van der Waals surface area contributed by atoms with Crippen molar-refractivity contribution < 1.29 is 9.90 Å². The summed E-state index contributed by atoms with van der Waals surface area (Å²) in [5, 5.41) is 9.61. The maximum atomic E-state index is 10.7. The second-order valence-electron chi connectivity index (χ2n) is 5.46. The highest BCUT2D eigenvalue weighted by Gasteiger charge is 2.14. The summed E-state index contributed by atoms with van der Waals surface area (Å²) in [7, 11) is 4.15. The predicted octanol–water partition coefficient (Wildman–Crippen LogP) is 2.53. The molecule has 20 heavy (non-hydrogen) atoms. The third-order valence-corrected chi connectivity index (χ3v) is 3.98. The van der Waals surface area contributed by atoms with E-state index >= 15 is 0 Å². The summed E-state index contributed by atoms with van der Waals surface area (Å²) in [5.41, 5.74) is 1.18. The topological polar surface area (TPSA) is 58.4 Å². The van der Waals surface area contributed by atoms with Crippen LogP contribution >= 0.6 is 11.8 Å². The molecule has 0 radical (unpaired) electrons. The van der Waals surface area contributed by atoms with Crippen LogP contribution in [0, 0.1) is 0 Å². The number of imidazole rings is 1. The van der Waals surface area contributed by atoms with Crippen molar-refractivity contribution in [3.8, 4) is 0 Å². The van der Waals surface area contributed by atoms with Gasteiger partial charge >= 0.3 is 5.97 Å². The normalized spacial score (nSPS) is 11.5. The maximum absolute atomic E-state index is 10.7. The molecule has 0 atom stereocenters. The van der Waals surface area contributed by atoms with E-state index < -0.39 is 5.97 Å². The first-order valence-corrected chi connectivity index (χ1v) is 7.95. The Balaban J connectivity index is 2.67. The summed E-state index contributed by atoms with van der Waals surface area (Å²) in [4.78, 5) is 17.2. The molecule has 1 rings (SSSR count). The molecule has 1 heterocycles. The molecule has 0 aromatic carbocycles. The van der Waals surface area contributed by atoms with E-state index in [4.69, 9.17) is 5.11 Å². The molecule has 6 heteroatoms. The van der Waals surface area contributed by atoms with Crippen molar-refractivity contribution in [1.82, 2.24) is 14.5 Å². The van der Waals surface area contributed by atoms with E-state index in [0.717, 1.165) is 31.1 Å². The van der Waals surface area contributed by atoms with Gasteiger partial charge in [0.15, 0.2) is 5.16 Å². The van der Waals surface area contributed by atoms with E-state index in [2.05, 4.69) is 42.4 Å². The van der Waals surface area contributed by atoms with E-state index in [0.29, 0.717) is 5.92 Å². The van der Waals surface area contributed by atoms with E-state index in [1.807, 2.05) is 6.20 Å². The minimum atomic E-state index is -0.803. The minimum Gasteiger partial charge on any atom is -0.481 e. The zero-order valence-electron chi connectivity index (χ0n) is 12.8. The molecule has 0 saturated carbocycles. The molecule has 0 aliphatic carbocycles. The lowest BCUT2D eigenvalue weighted by atomic mass is 10.1. The Labute approximate surface area is 125 Å². The van der Waals surface area contributed by atoms with Gasteiger partial charge in [0.1, 0.15) is 0 Å². The van der Waals surface area contributed by atoms with Crippen LogP contribution in [0.3, 0.4) is 0 Å². The molecule has 0 saturated heterocycles. The SMILES string of the molecule is CC(C)c1cnc(SCC(=O)O)n1CCCCN(C)C. The van der Waals surface area contributed by atoms with Gasteiger partial charge in [-0.1, -0.05) is 25.6 Å². The smallest absolute Gasteiger partial charge is 0.313 e. The first-order chi connectivity index (χ1) is 9.41. The molecule has 1 aromatic rings. The Morgan fingerprint density at radius 2 is 2.15 bits per heavy atom. The summed E-state index contributed by atoms with van der Waals surface area (Å²) in [6, 6.07) is 0. The molecule has 5 nitrogen and oxygen atoms in total. The molecule has 0 spiro atoms. The number of unbranched alkanes of at least 4 members (excludes halogenated alkanes) is 1. The highest BCUT2D eigenvalue weighted by Crippen LogP contribution is 2.23. The van der Waals surface area contributed by atoms with Gasteiger partial charge in [0.05, 0.1) is 5.75 Å². The predicted molar refractivity (Wildman–Crippen MR) is 82.5 cm³/mol. The zero-order chi connectivity index (χ0) is 15.1. The van der Waals surface area contributed by atoms with Crippen LogP contribution in [0.5, 0.6) is 0 Å². The highest BCUT2D eigenvalue weighted by atomic mass is 32.2. The molecule has 0 aliphatic rings. The fourth-order valence-corrected chi connectivity index (χ4v) is 2.73. The number of carbonyl (C=O) groups is 1. The number of carboxylic acid groups (broad SMARTS) is 1. The molecule has 114 valence electrons. The lowest BCUT2D eigenvalue weighted by Crippen LogP contribution is -2.14. The van der Waals surface area contributed by atoms with Crippen molar-refractivity contribution in [2.75, 3.05) is 26.4 Å². The molecular weight excluding hydrogens is 274 g/mol. The van der Waals surface area contributed by atoms with Crippen molar-refractivity contribution in [2.24, 2.45) is 0 Å². The zero-order valence-corrected chi connectivity index (χ0v) is 13.6. The summed E-state index contributed by atoms with van der Waals surface area (Å²) < 4.78 is 2.17. The van der Waals surface area contributed by atoms with E-state index in [1.165, 1.54) is 17.5 Å². The van der Waals surface area contributed by atoms with Crippen LogP contribution < -0.4 is 0 Å². The molecule has 0 unspecified atom stereocenters. The molecule has 1 aromatic heterocycles. The minimum absolute atomic E-state index is 0.0618. The molecule has 0 bridgehead atoms. The second kappa shape index (κ2) is 8.32. The van der Waals surface area contributed by atoms with Crippen molar-refractivity contribution in [2.45, 2.75) is 44.3 Å². The Hall–Kier alpha value is -1.01. The van der Waals surface area contributed by atoms with Crippen LogP contribution in [0.2, 0.25) is 0 Å². The van der Waals surface area contributed by atoms with Gasteiger partial charge in [-0.25, -0.2) is 4.98 Å². The number of thioether (sulfide) groups is 1. The first kappa shape index (κ1) is 17.0. The number of rotatable bonds is 9. The third kappa shape index (κ3) is 5.54. The molecule has 0 amide bonds. The third-order valence-electron chi connectivity index (χ3n) is 3.00. The summed E-state index contributed by atoms with van der Waals surface area (Å²) >= 11 is 1.30. The van der Waals surface area contributed by atoms with Crippen molar-refractivity contribution in [3.05, 3.63) is 11.9 Å². The van der Waals surface area contributed by atoms with E-state index in [1.54, 1.807) is 0 Å². The van der Waals surface area contributed by atoms with Crippen molar-refractivity contribution >= 4 is 17.7 Å². The van der Waals surface area contributed by atoms with Crippen LogP contribution in [0.25, 0.3) is 0 Å². The van der Waals surface area contributed by atoms with Gasteiger partial charge in [-0.15, -0.1) is 0 Å². The summed E-state index contributed by atoms with van der Waals surface area (Å²) in [5.74, 6) is -0.342. The summed E-state index contributed by atoms with van der Waals surface area (Å²) in [6.07, 6.45) is 4.08. The number of aliphatic carboxylic acids is 1. The van der Waals surface area contributed by atoms with Crippen LogP contribution in [0.1, 0.15) is 38.3 Å². The van der Waals surface area contributed by atoms with Gasteiger partial charge in [-0.2, -0.15) is 0 Å². The Morgan fingerprint density at radius 1 is 1.45 bits per heavy atom. The fraction of sp³-hybridized carbons (Fsp3) is 0.714. The number of nitrogens with zero attached hydrogens (tertiary/aromatic N) is 3. The van der Waals surface area contributed by atoms with Crippen molar-refractivity contribution in [3.63, 3.8) is 0 Å². The fourth-order valence-electron chi connectivity index (χ4n) is 2.00. The standard InChI is InChI=1S/C14H25N3O2S/c1-11(2)12-9-15-14(20-10-13(18)19)17(12)8-6-5-7-16(3)4/h9,11H,5-8,10H2,1-4H3,(H,18,19). The Bertz CT molecular complexity index is 430. The van der Waals surface area contributed by atoms with Gasteiger partial charge in [-0.3, -0.25) is 4.79 Å². The van der Waals surface area contributed by atoms with Gasteiger partial charge in [-0.05, 0) is 39.4 Å². The van der Waals surface area contributed by atoms with Crippen molar-refractivity contribution in [1.29, 1.82) is 0 Å². The van der Waals surface area contributed by atoms with Gasteiger partial charge in [0.25, 0.3) is 0 Å². The largest absolute Gasteiger partial charge is 0.481 e. The molecular formula is C14H25N3O2S. The molecule has 0 fully saturated rings. The Kier molecular flexibility index (Phi) is 7.09. The average molecular weight is 299 g/mol. The lowest BCUT2D eigenvalue weighted by molar-refractivity contribution is -0.133. The van der Waals surface area contributed by atoms with E-state index in [-0.39, 0.29) is 5.75 Å². The number of aromatic nitrogens is 2. The monoisotopic (exact) mass is 299 g/mol. The number of hydrogen-bond acceptors (Lipinski definition) is 4. The van der Waals surface area contributed by atoms with Crippen LogP contribution in [-0.4, -0.2) is 51.9 Å². The quantitative estimate of drug-likeness (QED) is 0.561. The van der Waals surface area contributed by atoms with Crippen LogP contribution in [0.15, 0.2) is 11.4 Å². The van der Waals surface area contributed by atoms with Crippen LogP contribution in [-0.2, 0) is 11.3 Å². The molecule has 1 N–H and O–H groups in total. The molecule has 0 aliphatic heterocycles. The maximum Gasteiger partial charge on any atom is 0.313 e. The van der Waals surface area contributed by atoms with Gasteiger partial charge in [0, 0.05) is 18.4 Å². The lowest BCUT2D eigenvalue weighted by Gasteiger charge is -2.14. The van der Waals surface area contributed by atoms with E-state index in [9.17, 15) is 4.79 Å². The number of hydrogen-bond donors (Lipinski definition) is 1. The van der Waals surface area contributed by atoms with Gasteiger partial charge < -0.3 is 14.6 Å².